The van der Waals surface area contributed by atoms with Gasteiger partial charge in [0.2, 0.25) is 0 Å². The van der Waals surface area contributed by atoms with Crippen molar-refractivity contribution in [3.05, 3.63) is 48.3 Å². The molecule has 0 aliphatic rings. The van der Waals surface area contributed by atoms with E-state index in [1.807, 2.05) is 37.3 Å². The third-order valence-corrected chi connectivity index (χ3v) is 4.87. The zero-order valence-electron chi connectivity index (χ0n) is 19.2. The van der Waals surface area contributed by atoms with Crippen LogP contribution >= 0.6 is 0 Å². The van der Waals surface area contributed by atoms with Crippen molar-refractivity contribution >= 4 is 12.2 Å². The first-order valence-electron chi connectivity index (χ1n) is 10.5. The predicted octanol–water partition coefficient (Wildman–Crippen LogP) is 3.38. The molecule has 0 radical (unpaired) electrons. The first kappa shape index (κ1) is 25.1. The Bertz CT molecular complexity index is 889. The Balaban J connectivity index is 2.09. The van der Waals surface area contributed by atoms with E-state index >= 15 is 0 Å². The molecule has 2 aromatic rings. The highest BCUT2D eigenvalue weighted by atomic mass is 16.5. The van der Waals surface area contributed by atoms with Crippen molar-refractivity contribution in [1.29, 1.82) is 0 Å². The van der Waals surface area contributed by atoms with E-state index in [4.69, 9.17) is 14.2 Å². The minimum atomic E-state index is -1.34. The van der Waals surface area contributed by atoms with Crippen molar-refractivity contribution in [1.82, 2.24) is 10.3 Å². The summed E-state index contributed by atoms with van der Waals surface area (Å²) in [5.74, 6) is 0.0520. The van der Waals surface area contributed by atoms with Gasteiger partial charge in [-0.25, -0.2) is 4.98 Å². The van der Waals surface area contributed by atoms with Crippen molar-refractivity contribution in [3.63, 3.8) is 0 Å². The number of nitrogens with zero attached hydrogens (tertiary/aromatic N) is 1. The maximum atomic E-state index is 12.7. The lowest BCUT2D eigenvalue weighted by Crippen LogP contribution is -2.52. The highest BCUT2D eigenvalue weighted by Gasteiger charge is 2.32. The van der Waals surface area contributed by atoms with E-state index in [0.29, 0.717) is 18.6 Å². The molecule has 174 valence electrons. The number of para-hydroxylation sites is 1. The van der Waals surface area contributed by atoms with Crippen LogP contribution in [0.5, 0.6) is 17.2 Å². The molecular weight excluding hydrogens is 412 g/mol. The topological polar surface area (TPSA) is 107 Å². The highest BCUT2D eigenvalue weighted by Crippen LogP contribution is 2.28. The number of aromatic nitrogens is 1. The number of ether oxygens (including phenoxy) is 3. The summed E-state index contributed by atoms with van der Waals surface area (Å²) < 4.78 is 17.1. The molecule has 0 spiro atoms. The van der Waals surface area contributed by atoms with Crippen molar-refractivity contribution in [3.8, 4) is 17.2 Å². The number of amides is 1. The fourth-order valence-electron chi connectivity index (χ4n) is 3.11. The molecule has 1 aromatic heterocycles. The molecule has 0 aliphatic carbocycles. The van der Waals surface area contributed by atoms with Crippen LogP contribution in [0.3, 0.4) is 0 Å². The van der Waals surface area contributed by atoms with Gasteiger partial charge in [0.15, 0.2) is 17.2 Å². The summed E-state index contributed by atoms with van der Waals surface area (Å²) >= 11 is 0. The third-order valence-electron chi connectivity index (χ3n) is 4.87. The van der Waals surface area contributed by atoms with Crippen LogP contribution in [0.1, 0.15) is 44.6 Å². The molecule has 1 aromatic carbocycles. The summed E-state index contributed by atoms with van der Waals surface area (Å²) in [5.41, 5.74) is -1.58. The van der Waals surface area contributed by atoms with Crippen molar-refractivity contribution < 1.29 is 28.9 Å². The highest BCUT2D eigenvalue weighted by molar-refractivity contribution is 5.97. The number of methoxy groups -OCH3 is 1. The number of aldehydes is 1. The minimum absolute atomic E-state index is 0.0765. The number of nitrogens with one attached hydrogen (secondary N) is 1. The van der Waals surface area contributed by atoms with Gasteiger partial charge in [-0.3, -0.25) is 4.79 Å². The van der Waals surface area contributed by atoms with Crippen LogP contribution in [-0.4, -0.2) is 53.7 Å². The Morgan fingerprint density at radius 1 is 1.22 bits per heavy atom. The lowest BCUT2D eigenvalue weighted by molar-refractivity contribution is -0.117. The smallest absolute Gasteiger partial charge is 0.274 e. The number of rotatable bonds is 12. The standard InChI is InChI=1S/C24H32N2O6/c1-16(2)13-20(17(3)32-18-9-7-6-8-10-18)31-15-24(4,14-27)26-23(29)21-22(28)19(30-5)11-12-25-21/h6-12,14,16-17,20,28H,13,15H2,1-5H3,(H,26,29)/t17-,20+,24-/m1/s1. The van der Waals surface area contributed by atoms with Crippen LogP contribution in [0.4, 0.5) is 0 Å². The van der Waals surface area contributed by atoms with Crippen LogP contribution in [0, 0.1) is 5.92 Å². The molecule has 32 heavy (non-hydrogen) atoms. The lowest BCUT2D eigenvalue weighted by atomic mass is 10.0. The lowest BCUT2D eigenvalue weighted by Gasteiger charge is -2.31. The van der Waals surface area contributed by atoms with Gasteiger partial charge in [-0.15, -0.1) is 0 Å². The average Bonchev–Trinajstić information content (AvgIpc) is 2.77. The molecule has 0 aliphatic heterocycles. The molecule has 0 unspecified atom stereocenters. The van der Waals surface area contributed by atoms with Gasteiger partial charge < -0.3 is 29.4 Å². The van der Waals surface area contributed by atoms with Gasteiger partial charge in [-0.2, -0.15) is 0 Å². The van der Waals surface area contributed by atoms with Crippen LogP contribution in [-0.2, 0) is 9.53 Å². The summed E-state index contributed by atoms with van der Waals surface area (Å²) in [6.45, 7) is 7.53. The van der Waals surface area contributed by atoms with Crippen molar-refractivity contribution in [2.45, 2.75) is 51.9 Å². The number of carbonyl (C=O) groups excluding carboxylic acids is 2. The second-order valence-corrected chi connectivity index (χ2v) is 8.31. The number of carbonyl (C=O) groups is 2. The molecule has 0 fully saturated rings. The van der Waals surface area contributed by atoms with Crippen LogP contribution < -0.4 is 14.8 Å². The third kappa shape index (κ3) is 6.95. The average molecular weight is 445 g/mol. The Morgan fingerprint density at radius 2 is 1.91 bits per heavy atom. The molecule has 1 amide bonds. The number of aromatic hydroxyl groups is 1. The van der Waals surface area contributed by atoms with Gasteiger partial charge in [-0.05, 0) is 38.3 Å². The number of hydrogen-bond donors (Lipinski definition) is 2. The summed E-state index contributed by atoms with van der Waals surface area (Å²) in [7, 11) is 1.37. The van der Waals surface area contributed by atoms with Crippen LogP contribution in [0.2, 0.25) is 0 Å². The maximum absolute atomic E-state index is 12.7. The van der Waals surface area contributed by atoms with Gasteiger partial charge in [0.05, 0.1) is 19.8 Å². The Morgan fingerprint density at radius 3 is 2.50 bits per heavy atom. The summed E-state index contributed by atoms with van der Waals surface area (Å²) in [6.07, 6.45) is 2.06. The van der Waals surface area contributed by atoms with E-state index in [0.717, 1.165) is 5.75 Å². The molecule has 2 rings (SSSR count). The normalized spacial score (nSPS) is 14.8. The number of hydrogen-bond acceptors (Lipinski definition) is 7. The molecule has 3 atom stereocenters. The van der Waals surface area contributed by atoms with Crippen molar-refractivity contribution in [2.24, 2.45) is 5.92 Å². The fraction of sp³-hybridized carbons (Fsp3) is 0.458. The van der Waals surface area contributed by atoms with Gasteiger partial charge in [-0.1, -0.05) is 32.0 Å². The van der Waals surface area contributed by atoms with E-state index in [1.165, 1.54) is 19.4 Å². The first-order chi connectivity index (χ1) is 15.2. The second kappa shape index (κ2) is 11.5. The molecule has 0 saturated heterocycles. The van der Waals surface area contributed by atoms with Crippen LogP contribution in [0.15, 0.2) is 42.6 Å². The predicted molar refractivity (Wildman–Crippen MR) is 120 cm³/mol. The molecule has 8 heteroatoms. The Hall–Kier alpha value is -3.13. The first-order valence-corrected chi connectivity index (χ1v) is 10.5. The van der Waals surface area contributed by atoms with Crippen molar-refractivity contribution in [2.75, 3.05) is 13.7 Å². The SMILES string of the molecule is COc1ccnc(C(=O)N[C@](C)(C=O)CO[C@@H](CC(C)C)[C@@H](C)Oc2ccccc2)c1O. The molecule has 0 bridgehead atoms. The van der Waals surface area contributed by atoms with Gasteiger partial charge in [0.1, 0.15) is 23.7 Å². The van der Waals surface area contributed by atoms with E-state index < -0.39 is 17.2 Å². The van der Waals surface area contributed by atoms with Gasteiger partial charge in [0.25, 0.3) is 5.91 Å². The quantitative estimate of drug-likeness (QED) is 0.483. The maximum Gasteiger partial charge on any atom is 0.274 e. The molecule has 8 nitrogen and oxygen atoms in total. The van der Waals surface area contributed by atoms with E-state index in [1.54, 1.807) is 6.92 Å². The number of pyridine rings is 1. The zero-order chi connectivity index (χ0) is 23.7. The number of benzene rings is 1. The van der Waals surface area contributed by atoms with E-state index in [9.17, 15) is 14.7 Å². The molecular formula is C24H32N2O6. The summed E-state index contributed by atoms with van der Waals surface area (Å²) in [4.78, 5) is 28.4. The van der Waals surface area contributed by atoms with Crippen LogP contribution in [0.25, 0.3) is 0 Å². The van der Waals surface area contributed by atoms with E-state index in [-0.39, 0.29) is 30.3 Å². The Kier molecular flexibility index (Phi) is 9.02. The molecule has 0 saturated carbocycles. The fourth-order valence-corrected chi connectivity index (χ4v) is 3.11. The minimum Gasteiger partial charge on any atom is -0.503 e. The zero-order valence-corrected chi connectivity index (χ0v) is 19.2. The summed E-state index contributed by atoms with van der Waals surface area (Å²) in [6, 6.07) is 10.9. The van der Waals surface area contributed by atoms with Gasteiger partial charge in [0, 0.05) is 12.3 Å². The largest absolute Gasteiger partial charge is 0.503 e. The van der Waals surface area contributed by atoms with Gasteiger partial charge >= 0.3 is 0 Å². The molecule has 1 heterocycles. The Labute approximate surface area is 188 Å². The second-order valence-electron chi connectivity index (χ2n) is 8.31. The van der Waals surface area contributed by atoms with E-state index in [2.05, 4.69) is 24.1 Å². The summed E-state index contributed by atoms with van der Waals surface area (Å²) in [5, 5.41) is 12.8. The molecule has 2 N–H and O–H groups in total. The monoisotopic (exact) mass is 444 g/mol.